The Balaban J connectivity index is 2.15. The van der Waals surface area contributed by atoms with Gasteiger partial charge in [-0.15, -0.1) is 5.10 Å². The van der Waals surface area contributed by atoms with Crippen LogP contribution in [0.25, 0.3) is 16.9 Å². The van der Waals surface area contributed by atoms with E-state index in [0.717, 1.165) is 11.4 Å². The SMILES string of the molecule is Nc1cc(F)ccc1-c1cnnn1-c1ccccc1. The number of halogens is 1. The van der Waals surface area contributed by atoms with Crippen LogP contribution < -0.4 is 5.73 Å². The van der Waals surface area contributed by atoms with E-state index >= 15 is 0 Å². The van der Waals surface area contributed by atoms with E-state index in [1.165, 1.54) is 12.1 Å². The zero-order valence-corrected chi connectivity index (χ0v) is 9.99. The summed E-state index contributed by atoms with van der Waals surface area (Å²) in [7, 11) is 0. The van der Waals surface area contributed by atoms with Crippen molar-refractivity contribution in [3.63, 3.8) is 0 Å². The largest absolute Gasteiger partial charge is 0.398 e. The highest BCUT2D eigenvalue weighted by molar-refractivity contribution is 5.74. The molecule has 0 aliphatic rings. The van der Waals surface area contributed by atoms with Crippen LogP contribution >= 0.6 is 0 Å². The minimum absolute atomic E-state index is 0.361. The minimum Gasteiger partial charge on any atom is -0.398 e. The summed E-state index contributed by atoms with van der Waals surface area (Å²) in [5.74, 6) is -0.361. The normalized spacial score (nSPS) is 10.6. The molecule has 5 heteroatoms. The van der Waals surface area contributed by atoms with Crippen molar-refractivity contribution in [2.24, 2.45) is 0 Å². The standard InChI is InChI=1S/C14H11FN4/c15-10-6-7-12(13(16)8-10)14-9-17-18-19(14)11-4-2-1-3-5-11/h1-9H,16H2. The Labute approximate surface area is 109 Å². The molecule has 0 bridgehead atoms. The number of nitrogen functional groups attached to an aromatic ring is 1. The van der Waals surface area contributed by atoms with Gasteiger partial charge in [-0.1, -0.05) is 23.4 Å². The Morgan fingerprint density at radius 3 is 2.58 bits per heavy atom. The van der Waals surface area contributed by atoms with Gasteiger partial charge in [0, 0.05) is 11.3 Å². The molecule has 0 aliphatic heterocycles. The molecular weight excluding hydrogens is 243 g/mol. The second-order valence-corrected chi connectivity index (χ2v) is 4.10. The predicted molar refractivity (Wildman–Crippen MR) is 71.2 cm³/mol. The van der Waals surface area contributed by atoms with Crippen LogP contribution in [0.3, 0.4) is 0 Å². The zero-order chi connectivity index (χ0) is 13.2. The molecule has 0 radical (unpaired) electrons. The van der Waals surface area contributed by atoms with Crippen molar-refractivity contribution in [2.75, 3.05) is 5.73 Å². The van der Waals surface area contributed by atoms with E-state index in [4.69, 9.17) is 5.73 Å². The van der Waals surface area contributed by atoms with Crippen LogP contribution in [0.5, 0.6) is 0 Å². The third-order valence-electron chi connectivity index (χ3n) is 2.84. The first kappa shape index (κ1) is 11.4. The van der Waals surface area contributed by atoms with Crippen LogP contribution in [-0.2, 0) is 0 Å². The van der Waals surface area contributed by atoms with Gasteiger partial charge >= 0.3 is 0 Å². The Bertz CT molecular complexity index is 706. The number of para-hydroxylation sites is 1. The second kappa shape index (κ2) is 4.53. The lowest BCUT2D eigenvalue weighted by atomic mass is 10.1. The molecule has 1 heterocycles. The summed E-state index contributed by atoms with van der Waals surface area (Å²) in [5.41, 5.74) is 8.51. The quantitative estimate of drug-likeness (QED) is 0.715. The minimum atomic E-state index is -0.361. The molecule has 2 aromatic carbocycles. The highest BCUT2D eigenvalue weighted by Gasteiger charge is 2.11. The summed E-state index contributed by atoms with van der Waals surface area (Å²) in [6.07, 6.45) is 1.61. The Morgan fingerprint density at radius 1 is 1.05 bits per heavy atom. The fourth-order valence-corrected chi connectivity index (χ4v) is 1.95. The maximum atomic E-state index is 13.1. The fourth-order valence-electron chi connectivity index (χ4n) is 1.95. The monoisotopic (exact) mass is 254 g/mol. The Morgan fingerprint density at radius 2 is 1.84 bits per heavy atom. The van der Waals surface area contributed by atoms with Crippen molar-refractivity contribution >= 4 is 5.69 Å². The molecule has 0 fully saturated rings. The Hall–Kier alpha value is -2.69. The summed E-state index contributed by atoms with van der Waals surface area (Å²) in [6.45, 7) is 0. The molecule has 0 saturated carbocycles. The van der Waals surface area contributed by atoms with Crippen LogP contribution in [0.1, 0.15) is 0 Å². The first-order valence-electron chi connectivity index (χ1n) is 5.77. The van der Waals surface area contributed by atoms with Crippen molar-refractivity contribution in [3.05, 3.63) is 60.5 Å². The predicted octanol–water partition coefficient (Wildman–Crippen LogP) is 2.66. The molecule has 0 spiro atoms. The van der Waals surface area contributed by atoms with E-state index < -0.39 is 0 Å². The molecule has 19 heavy (non-hydrogen) atoms. The summed E-state index contributed by atoms with van der Waals surface area (Å²) in [6, 6.07) is 13.9. The second-order valence-electron chi connectivity index (χ2n) is 4.10. The third kappa shape index (κ3) is 2.06. The van der Waals surface area contributed by atoms with Gasteiger partial charge < -0.3 is 5.73 Å². The molecule has 0 saturated heterocycles. The molecule has 3 aromatic rings. The number of nitrogens with two attached hydrogens (primary N) is 1. The fraction of sp³-hybridized carbons (Fsp3) is 0. The van der Waals surface area contributed by atoms with Gasteiger partial charge in [0.2, 0.25) is 0 Å². The number of nitrogens with zero attached hydrogens (tertiary/aromatic N) is 3. The topological polar surface area (TPSA) is 56.7 Å². The van der Waals surface area contributed by atoms with Gasteiger partial charge in [-0.05, 0) is 30.3 Å². The lowest BCUT2D eigenvalue weighted by molar-refractivity contribution is 0.628. The van der Waals surface area contributed by atoms with E-state index in [-0.39, 0.29) is 5.82 Å². The third-order valence-corrected chi connectivity index (χ3v) is 2.84. The van der Waals surface area contributed by atoms with Gasteiger partial charge in [0.05, 0.1) is 17.6 Å². The van der Waals surface area contributed by atoms with Gasteiger partial charge in [0.15, 0.2) is 0 Å². The first-order chi connectivity index (χ1) is 9.25. The van der Waals surface area contributed by atoms with E-state index in [1.807, 2.05) is 30.3 Å². The van der Waals surface area contributed by atoms with Crippen molar-refractivity contribution in [2.45, 2.75) is 0 Å². The average Bonchev–Trinajstić information content (AvgIpc) is 2.89. The summed E-state index contributed by atoms with van der Waals surface area (Å²) in [5, 5.41) is 7.95. The Kier molecular flexibility index (Phi) is 2.72. The number of benzene rings is 2. The smallest absolute Gasteiger partial charge is 0.125 e. The molecule has 3 rings (SSSR count). The van der Waals surface area contributed by atoms with Crippen LogP contribution in [0.4, 0.5) is 10.1 Å². The molecule has 0 aliphatic carbocycles. The molecule has 4 nitrogen and oxygen atoms in total. The molecular formula is C14H11FN4. The van der Waals surface area contributed by atoms with Crippen molar-refractivity contribution in [1.82, 2.24) is 15.0 Å². The maximum absolute atomic E-state index is 13.1. The van der Waals surface area contributed by atoms with E-state index in [0.29, 0.717) is 11.3 Å². The van der Waals surface area contributed by atoms with Crippen LogP contribution in [0, 0.1) is 5.82 Å². The first-order valence-corrected chi connectivity index (χ1v) is 5.77. The van der Waals surface area contributed by atoms with Gasteiger partial charge in [-0.25, -0.2) is 9.07 Å². The summed E-state index contributed by atoms with van der Waals surface area (Å²) < 4.78 is 14.8. The van der Waals surface area contributed by atoms with Crippen LogP contribution in [0.15, 0.2) is 54.7 Å². The lowest BCUT2D eigenvalue weighted by Gasteiger charge is -2.08. The maximum Gasteiger partial charge on any atom is 0.125 e. The number of hydrogen-bond acceptors (Lipinski definition) is 3. The van der Waals surface area contributed by atoms with E-state index in [9.17, 15) is 4.39 Å². The number of hydrogen-bond donors (Lipinski definition) is 1. The van der Waals surface area contributed by atoms with Crippen molar-refractivity contribution in [3.8, 4) is 16.9 Å². The van der Waals surface area contributed by atoms with Crippen molar-refractivity contribution in [1.29, 1.82) is 0 Å². The van der Waals surface area contributed by atoms with Gasteiger partial charge in [0.25, 0.3) is 0 Å². The van der Waals surface area contributed by atoms with Gasteiger partial charge in [0.1, 0.15) is 5.82 Å². The average molecular weight is 254 g/mol. The summed E-state index contributed by atoms with van der Waals surface area (Å²) in [4.78, 5) is 0. The molecule has 0 atom stereocenters. The number of rotatable bonds is 2. The highest BCUT2D eigenvalue weighted by atomic mass is 19.1. The van der Waals surface area contributed by atoms with Crippen LogP contribution in [0.2, 0.25) is 0 Å². The van der Waals surface area contributed by atoms with Crippen LogP contribution in [-0.4, -0.2) is 15.0 Å². The molecule has 1 aromatic heterocycles. The summed E-state index contributed by atoms with van der Waals surface area (Å²) >= 11 is 0. The number of aromatic nitrogens is 3. The lowest BCUT2D eigenvalue weighted by Crippen LogP contribution is -2.01. The van der Waals surface area contributed by atoms with E-state index in [1.54, 1.807) is 16.9 Å². The molecule has 2 N–H and O–H groups in total. The van der Waals surface area contributed by atoms with Gasteiger partial charge in [-0.2, -0.15) is 0 Å². The molecule has 94 valence electrons. The number of anilines is 1. The highest BCUT2D eigenvalue weighted by Crippen LogP contribution is 2.27. The van der Waals surface area contributed by atoms with Gasteiger partial charge in [-0.3, -0.25) is 0 Å². The van der Waals surface area contributed by atoms with Crippen molar-refractivity contribution < 1.29 is 4.39 Å². The van der Waals surface area contributed by atoms with E-state index in [2.05, 4.69) is 10.3 Å². The molecule has 0 amide bonds. The molecule has 0 unspecified atom stereocenters. The zero-order valence-electron chi connectivity index (χ0n) is 9.99.